The number of nitrogens with one attached hydrogen (secondary N) is 1. The second-order valence-electron chi connectivity index (χ2n) is 4.74. The number of hydroxylamine groups is 1. The number of amides is 1. The summed E-state index contributed by atoms with van der Waals surface area (Å²) in [4.78, 5) is 17.2. The summed E-state index contributed by atoms with van der Waals surface area (Å²) < 4.78 is 7.24. The topological polar surface area (TPSA) is 56.4 Å². The van der Waals surface area contributed by atoms with Crippen molar-refractivity contribution < 1.29 is 14.0 Å². The summed E-state index contributed by atoms with van der Waals surface area (Å²) in [7, 11) is 0. The zero-order valence-electron chi connectivity index (χ0n) is 12.0. The van der Waals surface area contributed by atoms with E-state index >= 15 is 0 Å². The molecule has 1 aromatic carbocycles. The van der Waals surface area contributed by atoms with Crippen LogP contribution < -0.4 is 5.48 Å². The average molecular weight is 319 g/mol. The van der Waals surface area contributed by atoms with Crippen molar-refractivity contribution in [3.05, 3.63) is 58.9 Å². The number of nitrogens with zero attached hydrogens (tertiary/aromatic N) is 1. The van der Waals surface area contributed by atoms with Gasteiger partial charge in [0.05, 0.1) is 18.4 Å². The largest absolute Gasteiger partial charge is 0.463 e. The van der Waals surface area contributed by atoms with E-state index in [0.29, 0.717) is 29.5 Å². The average Bonchev–Trinajstić information content (AvgIpc) is 3.09. The molecule has 3 aromatic rings. The Balaban J connectivity index is 2.01. The molecule has 1 amide bonds. The molecule has 0 saturated heterocycles. The Morgan fingerprint density at radius 1 is 1.36 bits per heavy atom. The molecule has 0 spiro atoms. The number of halogens is 1. The number of hydrogen-bond acceptors (Lipinski definition) is 3. The van der Waals surface area contributed by atoms with Crippen LogP contribution >= 0.6 is 11.6 Å². The minimum atomic E-state index is -0.319. The molecule has 114 valence electrons. The number of aromatic nitrogens is 1. The third-order valence-corrected chi connectivity index (χ3v) is 3.72. The highest BCUT2D eigenvalue weighted by molar-refractivity contribution is 6.31. The van der Waals surface area contributed by atoms with Gasteiger partial charge in [0, 0.05) is 23.7 Å². The smallest absolute Gasteiger partial charge is 0.291 e. The lowest BCUT2D eigenvalue weighted by atomic mass is 10.2. The van der Waals surface area contributed by atoms with E-state index in [0.717, 1.165) is 11.1 Å². The molecule has 3 rings (SSSR count). The Morgan fingerprint density at radius 3 is 2.95 bits per heavy atom. The lowest BCUT2D eigenvalue weighted by Crippen LogP contribution is -2.26. The highest BCUT2D eigenvalue weighted by Crippen LogP contribution is 2.24. The maximum atomic E-state index is 12.2. The van der Waals surface area contributed by atoms with Gasteiger partial charge in [-0.1, -0.05) is 29.8 Å². The molecule has 0 aliphatic carbocycles. The van der Waals surface area contributed by atoms with Crippen LogP contribution in [0.2, 0.25) is 5.02 Å². The molecular weight excluding hydrogens is 304 g/mol. The summed E-state index contributed by atoms with van der Waals surface area (Å²) in [6.07, 6.45) is 1.60. The number of benzene rings is 1. The quantitative estimate of drug-likeness (QED) is 0.731. The van der Waals surface area contributed by atoms with Gasteiger partial charge in [0.25, 0.3) is 5.91 Å². The van der Waals surface area contributed by atoms with Gasteiger partial charge in [0.1, 0.15) is 5.69 Å². The molecule has 0 bridgehead atoms. The van der Waals surface area contributed by atoms with Crippen molar-refractivity contribution in [1.29, 1.82) is 0 Å². The predicted molar refractivity (Wildman–Crippen MR) is 83.9 cm³/mol. The van der Waals surface area contributed by atoms with Gasteiger partial charge in [-0.25, -0.2) is 5.48 Å². The highest BCUT2D eigenvalue weighted by atomic mass is 35.5. The van der Waals surface area contributed by atoms with Crippen LogP contribution in [0.4, 0.5) is 0 Å². The van der Waals surface area contributed by atoms with Gasteiger partial charge in [0.15, 0.2) is 5.58 Å². The van der Waals surface area contributed by atoms with Crippen LogP contribution in [0.25, 0.3) is 11.1 Å². The number of fused-ring (bicyclic) bond motifs is 1. The summed E-state index contributed by atoms with van der Waals surface area (Å²) >= 11 is 6.22. The minimum absolute atomic E-state index is 0.319. The van der Waals surface area contributed by atoms with E-state index < -0.39 is 0 Å². The Kier molecular flexibility index (Phi) is 4.18. The van der Waals surface area contributed by atoms with E-state index in [2.05, 4.69) is 5.48 Å². The summed E-state index contributed by atoms with van der Waals surface area (Å²) in [6, 6.07) is 11.1. The van der Waals surface area contributed by atoms with Gasteiger partial charge in [-0.15, -0.1) is 0 Å². The second-order valence-corrected chi connectivity index (χ2v) is 5.15. The van der Waals surface area contributed by atoms with Crippen molar-refractivity contribution in [2.24, 2.45) is 0 Å². The van der Waals surface area contributed by atoms with Gasteiger partial charge < -0.3 is 8.98 Å². The molecule has 0 aliphatic rings. The molecule has 0 atom stereocenters. The predicted octanol–water partition coefficient (Wildman–Crippen LogP) is 3.62. The van der Waals surface area contributed by atoms with Crippen LogP contribution in [0.5, 0.6) is 0 Å². The number of hydrogen-bond donors (Lipinski definition) is 1. The molecule has 0 aliphatic heterocycles. The van der Waals surface area contributed by atoms with Crippen LogP contribution in [0.1, 0.15) is 23.0 Å². The number of carbonyl (C=O) groups excluding carboxylic acids is 1. The Bertz CT molecular complexity index is 807. The van der Waals surface area contributed by atoms with Crippen molar-refractivity contribution in [2.75, 3.05) is 6.61 Å². The molecule has 5 nitrogen and oxygen atoms in total. The lowest BCUT2D eigenvalue weighted by Gasteiger charge is -2.11. The SMILES string of the molecule is CCONC(=O)c1cc2occc2n1Cc1ccccc1Cl. The number of furan rings is 1. The van der Waals surface area contributed by atoms with E-state index in [1.807, 2.05) is 34.9 Å². The molecule has 0 unspecified atom stereocenters. The van der Waals surface area contributed by atoms with Gasteiger partial charge in [-0.2, -0.15) is 0 Å². The first kappa shape index (κ1) is 14.7. The molecule has 0 radical (unpaired) electrons. The van der Waals surface area contributed by atoms with E-state index in [4.69, 9.17) is 20.9 Å². The number of carbonyl (C=O) groups is 1. The fourth-order valence-electron chi connectivity index (χ4n) is 2.32. The molecule has 2 heterocycles. The van der Waals surface area contributed by atoms with E-state index in [-0.39, 0.29) is 5.91 Å². The summed E-state index contributed by atoms with van der Waals surface area (Å²) in [5.74, 6) is -0.319. The molecule has 0 saturated carbocycles. The molecule has 1 N–H and O–H groups in total. The first-order chi connectivity index (χ1) is 10.7. The highest BCUT2D eigenvalue weighted by Gasteiger charge is 2.18. The van der Waals surface area contributed by atoms with Crippen molar-refractivity contribution >= 4 is 28.6 Å². The van der Waals surface area contributed by atoms with Gasteiger partial charge in [0.2, 0.25) is 0 Å². The monoisotopic (exact) mass is 318 g/mol. The van der Waals surface area contributed by atoms with Gasteiger partial charge in [-0.3, -0.25) is 9.63 Å². The van der Waals surface area contributed by atoms with Crippen LogP contribution in [-0.4, -0.2) is 17.1 Å². The Hall–Kier alpha value is -2.24. The molecule has 6 heteroatoms. The van der Waals surface area contributed by atoms with Crippen molar-refractivity contribution in [3.63, 3.8) is 0 Å². The molecular formula is C16H15ClN2O3. The van der Waals surface area contributed by atoms with Crippen LogP contribution in [0.3, 0.4) is 0 Å². The zero-order chi connectivity index (χ0) is 15.5. The third-order valence-electron chi connectivity index (χ3n) is 3.35. The van der Waals surface area contributed by atoms with E-state index in [1.165, 1.54) is 0 Å². The number of rotatable bonds is 5. The van der Waals surface area contributed by atoms with Crippen molar-refractivity contribution in [2.45, 2.75) is 13.5 Å². The van der Waals surface area contributed by atoms with Crippen LogP contribution in [-0.2, 0) is 11.4 Å². The maximum Gasteiger partial charge on any atom is 0.291 e. The van der Waals surface area contributed by atoms with E-state index in [9.17, 15) is 4.79 Å². The first-order valence-corrected chi connectivity index (χ1v) is 7.30. The normalized spacial score (nSPS) is 11.0. The second kappa shape index (κ2) is 6.25. The Labute approximate surface area is 132 Å². The molecule has 2 aromatic heterocycles. The standard InChI is InChI=1S/C16H15ClN2O3/c1-2-22-18-16(20)14-9-15-13(7-8-21-15)19(14)10-11-5-3-4-6-12(11)17/h3-9H,2,10H2,1H3,(H,18,20). The maximum absolute atomic E-state index is 12.2. The van der Waals surface area contributed by atoms with E-state index in [1.54, 1.807) is 19.3 Å². The molecule has 0 fully saturated rings. The van der Waals surface area contributed by atoms with Crippen molar-refractivity contribution in [3.8, 4) is 0 Å². The van der Waals surface area contributed by atoms with Crippen LogP contribution in [0, 0.1) is 0 Å². The first-order valence-electron chi connectivity index (χ1n) is 6.93. The fraction of sp³-hybridized carbons (Fsp3) is 0.188. The molecule has 22 heavy (non-hydrogen) atoms. The Morgan fingerprint density at radius 2 is 2.18 bits per heavy atom. The van der Waals surface area contributed by atoms with Gasteiger partial charge >= 0.3 is 0 Å². The van der Waals surface area contributed by atoms with Gasteiger partial charge in [-0.05, 0) is 18.6 Å². The summed E-state index contributed by atoms with van der Waals surface area (Å²) in [5.41, 5.74) is 5.27. The zero-order valence-corrected chi connectivity index (χ0v) is 12.8. The summed E-state index contributed by atoms with van der Waals surface area (Å²) in [6.45, 7) is 2.67. The fourth-order valence-corrected chi connectivity index (χ4v) is 2.52. The lowest BCUT2D eigenvalue weighted by molar-refractivity contribution is 0.0357. The van der Waals surface area contributed by atoms with Crippen molar-refractivity contribution in [1.82, 2.24) is 10.0 Å². The third kappa shape index (κ3) is 2.73. The minimum Gasteiger partial charge on any atom is -0.463 e. The van der Waals surface area contributed by atoms with Crippen LogP contribution in [0.15, 0.2) is 47.1 Å². The summed E-state index contributed by atoms with van der Waals surface area (Å²) in [5, 5.41) is 0.656.